The average Bonchev–Trinajstić information content (AvgIpc) is 2.44. The molecule has 2 aromatic rings. The Kier molecular flexibility index (Phi) is 4.88. The molecule has 0 spiro atoms. The average molecular weight is 292 g/mol. The maximum Gasteiger partial charge on any atom is 0.169 e. The van der Waals surface area contributed by atoms with E-state index in [-0.39, 0.29) is 0 Å². The molecule has 0 aliphatic carbocycles. The summed E-state index contributed by atoms with van der Waals surface area (Å²) in [6.07, 6.45) is 0.757. The highest BCUT2D eigenvalue weighted by molar-refractivity contribution is 6.31. The van der Waals surface area contributed by atoms with E-state index in [2.05, 4.69) is 0 Å². The Morgan fingerprint density at radius 3 is 2.55 bits per heavy atom. The highest BCUT2D eigenvalue weighted by Crippen LogP contribution is 2.33. The summed E-state index contributed by atoms with van der Waals surface area (Å²) in [4.78, 5) is 0. The maximum absolute atomic E-state index is 6.21. The second-order valence-electron chi connectivity index (χ2n) is 4.55. The van der Waals surface area contributed by atoms with E-state index in [0.717, 1.165) is 17.5 Å². The topological polar surface area (TPSA) is 44.5 Å². The summed E-state index contributed by atoms with van der Waals surface area (Å²) < 4.78 is 11.1. The van der Waals surface area contributed by atoms with Gasteiger partial charge in [0.25, 0.3) is 0 Å². The minimum Gasteiger partial charge on any atom is -0.493 e. The van der Waals surface area contributed by atoms with Crippen LogP contribution in [0.2, 0.25) is 5.02 Å². The molecule has 2 aromatic carbocycles. The van der Waals surface area contributed by atoms with Crippen molar-refractivity contribution in [2.75, 3.05) is 13.7 Å². The van der Waals surface area contributed by atoms with E-state index in [1.54, 1.807) is 13.2 Å². The van der Waals surface area contributed by atoms with Crippen LogP contribution < -0.4 is 15.2 Å². The number of aryl methyl sites for hydroxylation is 1. The van der Waals surface area contributed by atoms with Crippen LogP contribution in [0.1, 0.15) is 11.1 Å². The minimum atomic E-state index is 0.575. The first-order valence-corrected chi connectivity index (χ1v) is 6.83. The number of ether oxygens (including phenoxy) is 2. The van der Waals surface area contributed by atoms with Crippen LogP contribution in [0.3, 0.4) is 0 Å². The highest BCUT2D eigenvalue weighted by Gasteiger charge is 2.07. The summed E-state index contributed by atoms with van der Waals surface area (Å²) in [7, 11) is 1.62. The van der Waals surface area contributed by atoms with Crippen LogP contribution in [0.5, 0.6) is 17.2 Å². The molecule has 0 aliphatic heterocycles. The molecule has 2 N–H and O–H groups in total. The summed E-state index contributed by atoms with van der Waals surface area (Å²) in [5.41, 5.74) is 7.68. The quantitative estimate of drug-likeness (QED) is 0.907. The Morgan fingerprint density at radius 2 is 1.90 bits per heavy atom. The van der Waals surface area contributed by atoms with Gasteiger partial charge in [0, 0.05) is 5.02 Å². The van der Waals surface area contributed by atoms with Gasteiger partial charge in [-0.3, -0.25) is 0 Å². The lowest BCUT2D eigenvalue weighted by molar-refractivity contribution is 0.378. The van der Waals surface area contributed by atoms with Crippen molar-refractivity contribution in [3.63, 3.8) is 0 Å². The molecule has 106 valence electrons. The third-order valence-corrected chi connectivity index (χ3v) is 3.34. The molecule has 4 heteroatoms. The van der Waals surface area contributed by atoms with E-state index >= 15 is 0 Å². The number of halogens is 1. The molecule has 0 unspecified atom stereocenters. The molecule has 3 nitrogen and oxygen atoms in total. The molecule has 20 heavy (non-hydrogen) atoms. The highest BCUT2D eigenvalue weighted by atomic mass is 35.5. The minimum absolute atomic E-state index is 0.575. The van der Waals surface area contributed by atoms with Gasteiger partial charge in [-0.15, -0.1) is 0 Å². The van der Waals surface area contributed by atoms with Crippen molar-refractivity contribution in [2.45, 2.75) is 13.3 Å². The van der Waals surface area contributed by atoms with E-state index in [1.807, 2.05) is 37.3 Å². The van der Waals surface area contributed by atoms with Gasteiger partial charge in [-0.1, -0.05) is 23.7 Å². The van der Waals surface area contributed by atoms with Crippen LogP contribution in [0.4, 0.5) is 0 Å². The van der Waals surface area contributed by atoms with Crippen LogP contribution in [0.25, 0.3) is 0 Å². The number of hydrogen-bond donors (Lipinski definition) is 1. The molecule has 0 saturated heterocycles. The van der Waals surface area contributed by atoms with Crippen molar-refractivity contribution in [3.05, 3.63) is 52.5 Å². The third kappa shape index (κ3) is 3.44. The molecule has 2 rings (SSSR count). The molecule has 0 aliphatic rings. The third-order valence-electron chi connectivity index (χ3n) is 2.99. The predicted octanol–water partition coefficient (Wildman–Crippen LogP) is 3.95. The Morgan fingerprint density at radius 1 is 1.10 bits per heavy atom. The smallest absolute Gasteiger partial charge is 0.169 e. The number of nitrogens with two attached hydrogens (primary N) is 1. The van der Waals surface area contributed by atoms with Gasteiger partial charge in [0.15, 0.2) is 11.5 Å². The van der Waals surface area contributed by atoms with Crippen LogP contribution in [-0.4, -0.2) is 13.7 Å². The Labute approximate surface area is 124 Å². The van der Waals surface area contributed by atoms with Crippen molar-refractivity contribution in [3.8, 4) is 17.2 Å². The van der Waals surface area contributed by atoms with E-state index < -0.39 is 0 Å². The van der Waals surface area contributed by atoms with E-state index in [4.69, 9.17) is 26.8 Å². The summed E-state index contributed by atoms with van der Waals surface area (Å²) in [6.45, 7) is 2.58. The lowest BCUT2D eigenvalue weighted by Crippen LogP contribution is -2.03. The van der Waals surface area contributed by atoms with Crippen molar-refractivity contribution < 1.29 is 9.47 Å². The fourth-order valence-electron chi connectivity index (χ4n) is 1.94. The Bertz CT molecular complexity index is 599. The van der Waals surface area contributed by atoms with Crippen molar-refractivity contribution >= 4 is 11.6 Å². The molecule has 0 fully saturated rings. The van der Waals surface area contributed by atoms with Gasteiger partial charge in [-0.25, -0.2) is 0 Å². The zero-order valence-corrected chi connectivity index (χ0v) is 12.4. The van der Waals surface area contributed by atoms with Gasteiger partial charge in [0.05, 0.1) is 7.11 Å². The fourth-order valence-corrected chi connectivity index (χ4v) is 2.20. The maximum atomic E-state index is 6.21. The molecule has 0 amide bonds. The van der Waals surface area contributed by atoms with Gasteiger partial charge >= 0.3 is 0 Å². The standard InChI is InChI=1S/C16H18ClNO2/c1-11-3-6-15(16(9-11)19-2)20-13-5-4-12(7-8-18)14(17)10-13/h3-6,9-10H,7-8,18H2,1-2H3. The van der Waals surface area contributed by atoms with Crippen molar-refractivity contribution in [1.29, 1.82) is 0 Å². The first-order chi connectivity index (χ1) is 9.63. The van der Waals surface area contributed by atoms with Crippen molar-refractivity contribution in [2.24, 2.45) is 5.73 Å². The van der Waals surface area contributed by atoms with Gasteiger partial charge in [-0.2, -0.15) is 0 Å². The predicted molar refractivity (Wildman–Crippen MR) is 82.0 cm³/mol. The molecule has 0 aromatic heterocycles. The molecule has 0 heterocycles. The number of benzene rings is 2. The fraction of sp³-hybridized carbons (Fsp3) is 0.250. The monoisotopic (exact) mass is 291 g/mol. The summed E-state index contributed by atoms with van der Waals surface area (Å²) in [5, 5.41) is 0.666. The SMILES string of the molecule is COc1cc(C)ccc1Oc1ccc(CCN)c(Cl)c1. The number of rotatable bonds is 5. The lowest BCUT2D eigenvalue weighted by atomic mass is 10.1. The zero-order chi connectivity index (χ0) is 14.5. The van der Waals surface area contributed by atoms with Gasteiger partial charge in [0.2, 0.25) is 0 Å². The summed E-state index contributed by atoms with van der Waals surface area (Å²) in [6, 6.07) is 11.4. The van der Waals surface area contributed by atoms with Crippen LogP contribution in [-0.2, 0) is 6.42 Å². The van der Waals surface area contributed by atoms with E-state index in [0.29, 0.717) is 28.8 Å². The van der Waals surface area contributed by atoms with Gasteiger partial charge < -0.3 is 15.2 Å². The second kappa shape index (κ2) is 6.64. The van der Waals surface area contributed by atoms with E-state index in [1.165, 1.54) is 0 Å². The largest absolute Gasteiger partial charge is 0.493 e. The normalized spacial score (nSPS) is 10.4. The molecular formula is C16H18ClNO2. The first-order valence-electron chi connectivity index (χ1n) is 6.45. The van der Waals surface area contributed by atoms with E-state index in [9.17, 15) is 0 Å². The molecule has 0 atom stereocenters. The summed E-state index contributed by atoms with van der Waals surface area (Å²) in [5.74, 6) is 2.05. The molecule has 0 saturated carbocycles. The first kappa shape index (κ1) is 14.7. The van der Waals surface area contributed by atoms with Crippen LogP contribution >= 0.6 is 11.6 Å². The molecule has 0 bridgehead atoms. The summed E-state index contributed by atoms with van der Waals surface area (Å²) >= 11 is 6.21. The molecule has 0 radical (unpaired) electrons. The van der Waals surface area contributed by atoms with Crippen molar-refractivity contribution in [1.82, 2.24) is 0 Å². The number of methoxy groups -OCH3 is 1. The number of hydrogen-bond acceptors (Lipinski definition) is 3. The van der Waals surface area contributed by atoms with Crippen LogP contribution in [0, 0.1) is 6.92 Å². The zero-order valence-electron chi connectivity index (χ0n) is 11.7. The molecular weight excluding hydrogens is 274 g/mol. The lowest BCUT2D eigenvalue weighted by Gasteiger charge is -2.12. The Hall–Kier alpha value is -1.71. The Balaban J connectivity index is 2.24. The second-order valence-corrected chi connectivity index (χ2v) is 4.96. The van der Waals surface area contributed by atoms with Gasteiger partial charge in [0.1, 0.15) is 5.75 Å². The van der Waals surface area contributed by atoms with Gasteiger partial charge in [-0.05, 0) is 55.3 Å². The van der Waals surface area contributed by atoms with Crippen LogP contribution in [0.15, 0.2) is 36.4 Å².